The second-order valence-corrected chi connectivity index (χ2v) is 15.7. The fourth-order valence-electron chi connectivity index (χ4n) is 7.21. The molecule has 10 heteroatoms. The fraction of sp³-hybridized carbons (Fsp3) is 0.296. The molecule has 0 spiro atoms. The number of benzene rings is 6. The van der Waals surface area contributed by atoms with Crippen molar-refractivity contribution in [1.29, 1.82) is 0 Å². The van der Waals surface area contributed by atoms with Crippen molar-refractivity contribution >= 4 is 22.5 Å². The first-order valence-electron chi connectivity index (χ1n) is 21.8. The van der Waals surface area contributed by atoms with Crippen molar-refractivity contribution in [3.05, 3.63) is 203 Å². The smallest absolute Gasteiger partial charge is 0.311 e. The minimum absolute atomic E-state index is 0.0243. The van der Waals surface area contributed by atoms with E-state index in [9.17, 15) is 9.59 Å². The third-order valence-corrected chi connectivity index (χ3v) is 10.6. The van der Waals surface area contributed by atoms with Crippen LogP contribution in [-0.4, -0.2) is 56.2 Å². The average molecular weight is 865 g/mol. The second-order valence-electron chi connectivity index (χ2n) is 15.7. The molecular weight excluding hydrogens is 809 g/mol. The van der Waals surface area contributed by atoms with Crippen LogP contribution in [0.2, 0.25) is 0 Å². The third-order valence-electron chi connectivity index (χ3n) is 10.6. The van der Waals surface area contributed by atoms with Crippen molar-refractivity contribution < 1.29 is 47.5 Å². The predicted octanol–water partition coefficient (Wildman–Crippen LogP) is 10.2. The van der Waals surface area contributed by atoms with Crippen LogP contribution < -0.4 is 0 Å². The summed E-state index contributed by atoms with van der Waals surface area (Å²) < 4.78 is 51.6. The standard InChI is InChI=1S/C54H56O10/c1-40(55)26-29-52(56)63-48-31-53(64-49(48)37-57-32-41-16-6-2-7-17-41)61-39-51(60-35-43-20-10-4-11-21-43)54(62-36-44-22-12-5-13-23-44)50(59-34-42-18-8-3-9-19-42)38-58-33-45-27-28-46-24-14-15-25-47(46)30-45/h2-25,27-28,30,50-51,53-54H,26,29,31-39H2,1H3/t50?,51?,53-,54?/m1/s1. The molecule has 3 unspecified atom stereocenters. The van der Waals surface area contributed by atoms with Gasteiger partial charge in [0.25, 0.3) is 0 Å². The van der Waals surface area contributed by atoms with Crippen LogP contribution in [0.15, 0.2) is 175 Å². The lowest BCUT2D eigenvalue weighted by Gasteiger charge is -2.34. The Kier molecular flexibility index (Phi) is 17.8. The Morgan fingerprint density at radius 1 is 0.531 bits per heavy atom. The highest BCUT2D eigenvalue weighted by atomic mass is 16.7. The van der Waals surface area contributed by atoms with Gasteiger partial charge in [-0.05, 0) is 51.6 Å². The summed E-state index contributed by atoms with van der Waals surface area (Å²) in [4.78, 5) is 24.5. The van der Waals surface area contributed by atoms with Gasteiger partial charge in [0.1, 0.15) is 30.7 Å². The number of ketones is 1. The molecule has 10 nitrogen and oxygen atoms in total. The van der Waals surface area contributed by atoms with Gasteiger partial charge in [0.05, 0.1) is 59.1 Å². The number of rotatable bonds is 26. The second kappa shape index (κ2) is 24.8. The number of hydrogen-bond acceptors (Lipinski definition) is 10. The average Bonchev–Trinajstić information content (AvgIpc) is 3.71. The van der Waals surface area contributed by atoms with Crippen LogP contribution in [0.1, 0.15) is 54.0 Å². The van der Waals surface area contributed by atoms with Crippen molar-refractivity contribution in [3.63, 3.8) is 0 Å². The molecule has 0 N–H and O–H groups in total. The summed E-state index contributed by atoms with van der Waals surface area (Å²) in [6.07, 6.45) is -2.68. The molecule has 6 aromatic rings. The maximum Gasteiger partial charge on any atom is 0.311 e. The topological polar surface area (TPSA) is 108 Å². The molecule has 1 aliphatic rings. The van der Waals surface area contributed by atoms with Crippen molar-refractivity contribution in [2.24, 2.45) is 0 Å². The fourth-order valence-corrected chi connectivity index (χ4v) is 7.21. The Labute approximate surface area is 375 Å². The normalized spacial score (nSPS) is 15.1. The van der Waals surface area contributed by atoms with Crippen LogP contribution in [0.5, 0.6) is 0 Å². The molecule has 1 aliphatic heterocycles. The van der Waals surface area contributed by atoms with Crippen molar-refractivity contribution in [3.8, 4) is 0 Å². The lowest BCUT2D eigenvalue weighted by atomic mass is 10.1. The van der Waals surface area contributed by atoms with Gasteiger partial charge in [0.15, 0.2) is 11.5 Å². The van der Waals surface area contributed by atoms with E-state index in [1.54, 1.807) is 0 Å². The van der Waals surface area contributed by atoms with E-state index in [4.69, 9.17) is 37.9 Å². The molecule has 0 saturated carbocycles. The van der Waals surface area contributed by atoms with Gasteiger partial charge < -0.3 is 42.7 Å². The van der Waals surface area contributed by atoms with Gasteiger partial charge in [-0.3, -0.25) is 4.79 Å². The monoisotopic (exact) mass is 864 g/mol. The van der Waals surface area contributed by atoms with Gasteiger partial charge in [0, 0.05) is 6.42 Å². The first-order chi connectivity index (χ1) is 31.4. The maximum absolute atomic E-state index is 12.9. The number of hydrogen-bond donors (Lipinski definition) is 0. The van der Waals surface area contributed by atoms with Crippen molar-refractivity contribution in [2.45, 2.75) is 83.8 Å². The number of ether oxygens (including phenoxy) is 8. The van der Waals surface area contributed by atoms with Crippen molar-refractivity contribution in [1.82, 2.24) is 0 Å². The molecule has 7 rings (SSSR count). The predicted molar refractivity (Wildman–Crippen MR) is 243 cm³/mol. The van der Waals surface area contributed by atoms with Crippen molar-refractivity contribution in [2.75, 3.05) is 19.8 Å². The SMILES string of the molecule is CC(=O)CCC(=O)OC1=C(COCc2ccccc2)O[C@@H](OCC(OCc2ccccc2)C(OCc2ccccc2)C(COCc2ccc3ccccc3c2)OCc2ccccc2)C1. The number of carbonyl (C=O) groups is 2. The minimum atomic E-state index is -0.837. The lowest BCUT2D eigenvalue weighted by Crippen LogP contribution is -2.47. The van der Waals surface area contributed by atoms with Crippen LogP contribution in [0.4, 0.5) is 0 Å². The molecule has 0 bridgehead atoms. The lowest BCUT2D eigenvalue weighted by molar-refractivity contribution is -0.200. The molecule has 4 atom stereocenters. The largest absolute Gasteiger partial charge is 0.463 e. The van der Waals surface area contributed by atoms with Gasteiger partial charge in [-0.15, -0.1) is 0 Å². The molecule has 6 aromatic carbocycles. The van der Waals surface area contributed by atoms with E-state index in [-0.39, 0.29) is 58.1 Å². The van der Waals surface area contributed by atoms with E-state index in [1.165, 1.54) is 6.92 Å². The number of Topliss-reactive ketones (excluding diaryl/α,β-unsaturated/α-hetero) is 1. The summed E-state index contributed by atoms with van der Waals surface area (Å²) in [7, 11) is 0. The van der Waals surface area contributed by atoms with E-state index in [1.807, 2.05) is 133 Å². The Morgan fingerprint density at radius 3 is 1.64 bits per heavy atom. The molecular formula is C54H56O10. The molecule has 332 valence electrons. The highest BCUT2D eigenvalue weighted by Gasteiger charge is 2.36. The first-order valence-corrected chi connectivity index (χ1v) is 21.8. The maximum atomic E-state index is 12.9. The summed E-state index contributed by atoms with van der Waals surface area (Å²) in [5.74, 6) is 0.0193. The van der Waals surface area contributed by atoms with Gasteiger partial charge in [-0.2, -0.15) is 0 Å². The number of fused-ring (bicyclic) bond motifs is 1. The molecule has 64 heavy (non-hydrogen) atoms. The summed E-state index contributed by atoms with van der Waals surface area (Å²) >= 11 is 0. The van der Waals surface area contributed by atoms with E-state index >= 15 is 0 Å². The zero-order valence-corrected chi connectivity index (χ0v) is 36.3. The third kappa shape index (κ3) is 14.8. The van der Waals surface area contributed by atoms with Crippen LogP contribution in [0, 0.1) is 0 Å². The Hall–Kier alpha value is -5.98. The Balaban J connectivity index is 1.12. The van der Waals surface area contributed by atoms with Gasteiger partial charge in [-0.1, -0.05) is 158 Å². The summed E-state index contributed by atoms with van der Waals surface area (Å²) in [6.45, 7) is 3.24. The number of carbonyl (C=O) groups excluding carboxylic acids is 2. The summed E-state index contributed by atoms with van der Waals surface area (Å²) in [6, 6.07) is 54.2. The zero-order valence-electron chi connectivity index (χ0n) is 36.3. The van der Waals surface area contributed by atoms with E-state index in [0.29, 0.717) is 31.3 Å². The highest BCUT2D eigenvalue weighted by Crippen LogP contribution is 2.30. The molecule has 0 radical (unpaired) electrons. The van der Waals surface area contributed by atoms with E-state index in [0.717, 1.165) is 38.6 Å². The van der Waals surface area contributed by atoms with E-state index in [2.05, 4.69) is 30.3 Å². The van der Waals surface area contributed by atoms with E-state index < -0.39 is 30.6 Å². The quantitative estimate of drug-likeness (QED) is 0.0489. The van der Waals surface area contributed by atoms with Gasteiger partial charge in [0.2, 0.25) is 6.29 Å². The zero-order chi connectivity index (χ0) is 44.2. The van der Waals surface area contributed by atoms with Crippen LogP contribution >= 0.6 is 0 Å². The molecule has 0 aromatic heterocycles. The highest BCUT2D eigenvalue weighted by molar-refractivity contribution is 5.83. The molecule has 0 saturated heterocycles. The molecule has 1 heterocycles. The van der Waals surface area contributed by atoms with Crippen LogP contribution in [0.3, 0.4) is 0 Å². The number of esters is 1. The minimum Gasteiger partial charge on any atom is -0.463 e. The van der Waals surface area contributed by atoms with Gasteiger partial charge >= 0.3 is 5.97 Å². The summed E-state index contributed by atoms with van der Waals surface area (Å²) in [5.41, 5.74) is 4.97. The summed E-state index contributed by atoms with van der Waals surface area (Å²) in [5, 5.41) is 2.30. The Morgan fingerprint density at radius 2 is 1.05 bits per heavy atom. The first kappa shape index (κ1) is 46.0. The van der Waals surface area contributed by atoms with Crippen LogP contribution in [-0.2, 0) is 80.5 Å². The molecule has 0 aliphatic carbocycles. The molecule has 0 fully saturated rings. The van der Waals surface area contributed by atoms with Gasteiger partial charge in [-0.25, -0.2) is 0 Å². The van der Waals surface area contributed by atoms with Crippen LogP contribution in [0.25, 0.3) is 10.8 Å². The molecule has 0 amide bonds. The Bertz CT molecular complexity index is 2350.